The molecule has 6 nitrogen and oxygen atoms in total. The van der Waals surface area contributed by atoms with Crippen molar-refractivity contribution in [2.45, 2.75) is 13.3 Å². The predicted molar refractivity (Wildman–Crippen MR) is 44.0 cm³/mol. The van der Waals surface area contributed by atoms with Crippen molar-refractivity contribution in [2.75, 3.05) is 0 Å². The first kappa shape index (κ1) is 12.0. The maximum absolute atomic E-state index is 11.9. The second-order valence-corrected chi connectivity index (χ2v) is 2.73. The number of ether oxygens (including phenoxy) is 1. The van der Waals surface area contributed by atoms with Gasteiger partial charge in [-0.15, -0.1) is 13.2 Å². The standard InChI is InChI=1S/C7H5F3N2O4/c1-3-4(13)2-11-6(5(3)12(14)15)16-7(8,9)10/h2,13H,1H3. The van der Waals surface area contributed by atoms with Crippen molar-refractivity contribution in [2.24, 2.45) is 0 Å². The fraction of sp³-hybridized carbons (Fsp3) is 0.286. The van der Waals surface area contributed by atoms with Crippen molar-refractivity contribution in [3.05, 3.63) is 21.9 Å². The van der Waals surface area contributed by atoms with Gasteiger partial charge in [-0.1, -0.05) is 0 Å². The van der Waals surface area contributed by atoms with Crippen molar-refractivity contribution in [3.63, 3.8) is 0 Å². The van der Waals surface area contributed by atoms with Crippen LogP contribution in [0, 0.1) is 17.0 Å². The zero-order valence-electron chi connectivity index (χ0n) is 7.78. The van der Waals surface area contributed by atoms with Crippen LogP contribution in [0.5, 0.6) is 11.6 Å². The van der Waals surface area contributed by atoms with Crippen LogP contribution in [0.2, 0.25) is 0 Å². The normalized spacial score (nSPS) is 11.2. The number of nitro groups is 1. The summed E-state index contributed by atoms with van der Waals surface area (Å²) in [6.07, 6.45) is -4.44. The molecule has 1 rings (SSSR count). The Morgan fingerprint density at radius 2 is 2.12 bits per heavy atom. The first-order valence-corrected chi connectivity index (χ1v) is 3.81. The molecule has 1 heterocycles. The number of alkyl halides is 3. The highest BCUT2D eigenvalue weighted by Gasteiger charge is 2.36. The van der Waals surface area contributed by atoms with Gasteiger partial charge >= 0.3 is 17.9 Å². The number of rotatable bonds is 2. The van der Waals surface area contributed by atoms with E-state index in [9.17, 15) is 23.3 Å². The highest BCUT2D eigenvalue weighted by atomic mass is 19.4. The molecule has 0 radical (unpaired) electrons. The molecule has 0 fully saturated rings. The van der Waals surface area contributed by atoms with Gasteiger partial charge < -0.3 is 9.84 Å². The van der Waals surface area contributed by atoms with Gasteiger partial charge in [0, 0.05) is 0 Å². The molecule has 0 atom stereocenters. The predicted octanol–water partition coefficient (Wildman–Crippen LogP) is 1.90. The van der Waals surface area contributed by atoms with E-state index < -0.39 is 28.6 Å². The van der Waals surface area contributed by atoms with E-state index >= 15 is 0 Å². The zero-order valence-corrected chi connectivity index (χ0v) is 7.78. The lowest BCUT2D eigenvalue weighted by atomic mass is 10.2. The van der Waals surface area contributed by atoms with Crippen LogP contribution in [0.15, 0.2) is 6.20 Å². The number of hydrogen-bond donors (Lipinski definition) is 1. The van der Waals surface area contributed by atoms with Crippen LogP contribution in [0.1, 0.15) is 5.56 Å². The summed E-state index contributed by atoms with van der Waals surface area (Å²) >= 11 is 0. The lowest BCUT2D eigenvalue weighted by molar-refractivity contribution is -0.389. The van der Waals surface area contributed by atoms with Crippen LogP contribution < -0.4 is 4.74 Å². The van der Waals surface area contributed by atoms with Crippen LogP contribution >= 0.6 is 0 Å². The molecule has 1 N–H and O–H groups in total. The van der Waals surface area contributed by atoms with Crippen LogP contribution in [0.3, 0.4) is 0 Å². The Balaban J connectivity index is 3.29. The molecule has 1 aromatic rings. The Labute approximate surface area is 86.4 Å². The molecule has 0 unspecified atom stereocenters. The van der Waals surface area contributed by atoms with Gasteiger partial charge in [0.25, 0.3) is 0 Å². The van der Waals surface area contributed by atoms with Gasteiger partial charge in [0.05, 0.1) is 16.7 Å². The summed E-state index contributed by atoms with van der Waals surface area (Å²) in [6.45, 7) is 1.08. The fourth-order valence-electron chi connectivity index (χ4n) is 0.959. The molecular weight excluding hydrogens is 233 g/mol. The first-order chi connectivity index (χ1) is 7.22. The highest BCUT2D eigenvalue weighted by molar-refractivity contribution is 5.53. The largest absolute Gasteiger partial charge is 0.574 e. The molecule has 0 bridgehead atoms. The monoisotopic (exact) mass is 238 g/mol. The van der Waals surface area contributed by atoms with Gasteiger partial charge in [-0.05, 0) is 6.92 Å². The topological polar surface area (TPSA) is 85.5 Å². The van der Waals surface area contributed by atoms with E-state index in [1.807, 2.05) is 0 Å². The molecule has 9 heteroatoms. The Morgan fingerprint density at radius 1 is 1.56 bits per heavy atom. The minimum atomic E-state index is -5.08. The van der Waals surface area contributed by atoms with Crippen LogP contribution in [-0.4, -0.2) is 21.4 Å². The van der Waals surface area contributed by atoms with Crippen LogP contribution in [0.25, 0.3) is 0 Å². The Kier molecular flexibility index (Phi) is 2.88. The second kappa shape index (κ2) is 3.83. The van der Waals surface area contributed by atoms with E-state index in [4.69, 9.17) is 5.11 Å². The third-order valence-corrected chi connectivity index (χ3v) is 1.64. The van der Waals surface area contributed by atoms with Crippen molar-refractivity contribution < 1.29 is 27.9 Å². The fourth-order valence-corrected chi connectivity index (χ4v) is 0.959. The van der Waals surface area contributed by atoms with Gasteiger partial charge in [0.2, 0.25) is 0 Å². The average Bonchev–Trinajstić information content (AvgIpc) is 2.08. The molecule has 0 saturated carbocycles. The SMILES string of the molecule is Cc1c(O)cnc(OC(F)(F)F)c1[N+](=O)[O-]. The van der Waals surface area contributed by atoms with E-state index in [2.05, 4.69) is 9.72 Å². The van der Waals surface area contributed by atoms with E-state index in [0.717, 1.165) is 6.92 Å². The molecule has 0 aliphatic carbocycles. The quantitative estimate of drug-likeness (QED) is 0.628. The lowest BCUT2D eigenvalue weighted by Crippen LogP contribution is -2.19. The van der Waals surface area contributed by atoms with Gasteiger partial charge in [-0.25, -0.2) is 4.98 Å². The first-order valence-electron chi connectivity index (χ1n) is 3.81. The summed E-state index contributed by atoms with van der Waals surface area (Å²) in [7, 11) is 0. The third-order valence-electron chi connectivity index (χ3n) is 1.64. The second-order valence-electron chi connectivity index (χ2n) is 2.73. The van der Waals surface area contributed by atoms with Gasteiger partial charge in [-0.3, -0.25) is 10.1 Å². The summed E-state index contributed by atoms with van der Waals surface area (Å²) in [5.74, 6) is -1.78. The summed E-state index contributed by atoms with van der Waals surface area (Å²) in [5.41, 5.74) is -1.36. The Morgan fingerprint density at radius 3 is 2.56 bits per heavy atom. The number of nitrogens with zero attached hydrogens (tertiary/aromatic N) is 2. The number of aromatic hydroxyl groups is 1. The van der Waals surface area contributed by atoms with Crippen molar-refractivity contribution >= 4 is 5.69 Å². The molecule has 16 heavy (non-hydrogen) atoms. The summed E-state index contributed by atoms with van der Waals surface area (Å²) in [6, 6.07) is 0. The van der Waals surface area contributed by atoms with E-state index in [-0.39, 0.29) is 5.56 Å². The van der Waals surface area contributed by atoms with Crippen molar-refractivity contribution in [3.8, 4) is 11.6 Å². The summed E-state index contributed by atoms with van der Waals surface area (Å²) < 4.78 is 39.0. The Bertz CT molecular complexity index is 432. The number of halogens is 3. The zero-order chi connectivity index (χ0) is 12.5. The van der Waals surface area contributed by atoms with Crippen molar-refractivity contribution in [1.82, 2.24) is 4.98 Å². The van der Waals surface area contributed by atoms with E-state index in [0.29, 0.717) is 6.20 Å². The molecule has 0 aromatic carbocycles. The number of hydrogen-bond acceptors (Lipinski definition) is 5. The van der Waals surface area contributed by atoms with Gasteiger partial charge in [-0.2, -0.15) is 0 Å². The van der Waals surface area contributed by atoms with Crippen LogP contribution in [0.4, 0.5) is 18.9 Å². The molecule has 0 amide bonds. The van der Waals surface area contributed by atoms with E-state index in [1.165, 1.54) is 0 Å². The molecule has 88 valence electrons. The van der Waals surface area contributed by atoms with Gasteiger partial charge in [0.1, 0.15) is 5.75 Å². The molecular formula is C7H5F3N2O4. The molecule has 0 spiro atoms. The highest BCUT2D eigenvalue weighted by Crippen LogP contribution is 2.36. The van der Waals surface area contributed by atoms with E-state index in [1.54, 1.807) is 0 Å². The maximum Gasteiger partial charge on any atom is 0.574 e. The third kappa shape index (κ3) is 2.49. The number of aromatic nitrogens is 1. The lowest BCUT2D eigenvalue weighted by Gasteiger charge is -2.09. The minimum Gasteiger partial charge on any atom is -0.506 e. The smallest absolute Gasteiger partial charge is 0.506 e. The molecule has 0 aliphatic rings. The molecule has 1 aromatic heterocycles. The molecule has 0 aliphatic heterocycles. The summed E-state index contributed by atoms with van der Waals surface area (Å²) in [4.78, 5) is 12.4. The molecule has 0 saturated heterocycles. The van der Waals surface area contributed by atoms with Crippen molar-refractivity contribution in [1.29, 1.82) is 0 Å². The average molecular weight is 238 g/mol. The summed E-state index contributed by atoms with van der Waals surface area (Å²) in [5, 5.41) is 19.6. The maximum atomic E-state index is 11.9. The van der Waals surface area contributed by atoms with Gasteiger partial charge in [0.15, 0.2) is 0 Å². The number of pyridine rings is 1. The van der Waals surface area contributed by atoms with Crippen LogP contribution in [-0.2, 0) is 0 Å². The Hall–Kier alpha value is -2.06. The minimum absolute atomic E-state index is 0.348.